The minimum atomic E-state index is -0.899. The van der Waals surface area contributed by atoms with E-state index >= 15 is 0 Å². The summed E-state index contributed by atoms with van der Waals surface area (Å²) in [7, 11) is 0. The Bertz CT molecular complexity index is 262. The summed E-state index contributed by atoms with van der Waals surface area (Å²) < 4.78 is 9.09. The molecule has 0 atom stereocenters. The van der Waals surface area contributed by atoms with Crippen molar-refractivity contribution >= 4 is 35.6 Å². The number of carbonyl (C=O) groups is 2. The minimum absolute atomic E-state index is 0.0910. The summed E-state index contributed by atoms with van der Waals surface area (Å²) in [5.41, 5.74) is 0. The zero-order valence-corrected chi connectivity index (χ0v) is 11.1. The van der Waals surface area contributed by atoms with Crippen LogP contribution in [0.25, 0.3) is 0 Å². The van der Waals surface area contributed by atoms with E-state index in [4.69, 9.17) is 0 Å². The lowest BCUT2D eigenvalue weighted by Crippen LogP contribution is -2.18. The molecule has 6 heteroatoms. The molecule has 0 amide bonds. The highest BCUT2D eigenvalue weighted by Crippen LogP contribution is 2.46. The quantitative estimate of drug-likeness (QED) is 0.575. The third-order valence-corrected chi connectivity index (χ3v) is 5.55. The highest BCUT2D eigenvalue weighted by molar-refractivity contribution is 8.21. The fourth-order valence-electron chi connectivity index (χ4n) is 1.32. The van der Waals surface area contributed by atoms with Gasteiger partial charge in [-0.25, -0.2) is 4.79 Å². The number of hydrogen-bond acceptors (Lipinski definition) is 6. The Morgan fingerprint density at radius 1 is 1.31 bits per heavy atom. The summed E-state index contributed by atoms with van der Waals surface area (Å²) in [5.74, 6) is 1.73. The number of thioether (sulfide) groups is 2. The fraction of sp³-hybridized carbons (Fsp3) is 0.800. The standard InChI is InChI=1S/C10H16O4S2/c1-3-13-9(12)14-8(11)4-5-10(2)15-6-7-16-10/h3-7H2,1-2H3. The zero-order valence-electron chi connectivity index (χ0n) is 9.49. The second kappa shape index (κ2) is 6.39. The molecule has 1 fully saturated rings. The molecule has 1 aliphatic rings. The van der Waals surface area contributed by atoms with Crippen molar-refractivity contribution in [2.75, 3.05) is 18.1 Å². The first-order valence-electron chi connectivity index (χ1n) is 5.21. The molecule has 0 aromatic heterocycles. The zero-order chi connectivity index (χ0) is 12.0. The van der Waals surface area contributed by atoms with E-state index in [1.807, 2.05) is 23.5 Å². The molecule has 0 bridgehead atoms. The van der Waals surface area contributed by atoms with E-state index in [1.54, 1.807) is 6.92 Å². The molecular weight excluding hydrogens is 248 g/mol. The molecule has 4 nitrogen and oxygen atoms in total. The first-order valence-corrected chi connectivity index (χ1v) is 7.18. The molecule has 0 aromatic carbocycles. The molecule has 0 saturated carbocycles. The molecule has 1 saturated heterocycles. The first kappa shape index (κ1) is 13.7. The van der Waals surface area contributed by atoms with Gasteiger partial charge in [0.2, 0.25) is 0 Å². The van der Waals surface area contributed by atoms with E-state index < -0.39 is 12.1 Å². The first-order chi connectivity index (χ1) is 7.56. The van der Waals surface area contributed by atoms with Crippen LogP contribution >= 0.6 is 23.5 Å². The highest BCUT2D eigenvalue weighted by atomic mass is 32.2. The normalized spacial score (nSPS) is 18.1. The van der Waals surface area contributed by atoms with Crippen molar-refractivity contribution in [3.05, 3.63) is 0 Å². The molecule has 0 spiro atoms. The van der Waals surface area contributed by atoms with Gasteiger partial charge >= 0.3 is 12.1 Å². The lowest BCUT2D eigenvalue weighted by molar-refractivity contribution is -0.139. The Labute approximate surface area is 104 Å². The summed E-state index contributed by atoms with van der Waals surface area (Å²) in [6.45, 7) is 4.00. The van der Waals surface area contributed by atoms with Crippen LogP contribution in [0.4, 0.5) is 4.79 Å². The Morgan fingerprint density at radius 3 is 2.50 bits per heavy atom. The van der Waals surface area contributed by atoms with Crippen molar-refractivity contribution in [2.24, 2.45) is 0 Å². The second-order valence-corrected chi connectivity index (χ2v) is 6.94. The molecule has 1 rings (SSSR count). The van der Waals surface area contributed by atoms with Gasteiger partial charge in [0.1, 0.15) is 0 Å². The van der Waals surface area contributed by atoms with Crippen LogP contribution in [0, 0.1) is 0 Å². The molecule has 0 aromatic rings. The van der Waals surface area contributed by atoms with Crippen LogP contribution in [0.5, 0.6) is 0 Å². The number of carbonyl (C=O) groups excluding carboxylic acids is 2. The molecule has 16 heavy (non-hydrogen) atoms. The van der Waals surface area contributed by atoms with Gasteiger partial charge in [-0.05, 0) is 20.3 Å². The van der Waals surface area contributed by atoms with E-state index in [-0.39, 0.29) is 17.1 Å². The van der Waals surface area contributed by atoms with Crippen molar-refractivity contribution in [3.63, 3.8) is 0 Å². The van der Waals surface area contributed by atoms with Crippen LogP contribution in [0.1, 0.15) is 26.7 Å². The summed E-state index contributed by atoms with van der Waals surface area (Å²) in [6, 6.07) is 0. The minimum Gasteiger partial charge on any atom is -0.434 e. The van der Waals surface area contributed by atoms with Crippen LogP contribution in [0.15, 0.2) is 0 Å². The molecule has 0 radical (unpaired) electrons. The molecular formula is C10H16O4S2. The molecule has 92 valence electrons. The van der Waals surface area contributed by atoms with Crippen LogP contribution in [0.3, 0.4) is 0 Å². The van der Waals surface area contributed by atoms with Crippen molar-refractivity contribution in [1.82, 2.24) is 0 Å². The fourth-order valence-corrected chi connectivity index (χ4v) is 4.18. The number of hydrogen-bond donors (Lipinski definition) is 0. The van der Waals surface area contributed by atoms with E-state index in [9.17, 15) is 9.59 Å². The predicted molar refractivity (Wildman–Crippen MR) is 65.7 cm³/mol. The predicted octanol–water partition coefficient (Wildman–Crippen LogP) is 2.66. The van der Waals surface area contributed by atoms with E-state index in [1.165, 1.54) is 0 Å². The number of esters is 1. The van der Waals surface area contributed by atoms with Crippen LogP contribution < -0.4 is 0 Å². The smallest absolute Gasteiger partial charge is 0.434 e. The third kappa shape index (κ3) is 4.65. The topological polar surface area (TPSA) is 52.6 Å². The van der Waals surface area contributed by atoms with Crippen LogP contribution in [-0.2, 0) is 14.3 Å². The summed E-state index contributed by atoms with van der Waals surface area (Å²) >= 11 is 3.71. The van der Waals surface area contributed by atoms with Crippen molar-refractivity contribution in [1.29, 1.82) is 0 Å². The third-order valence-electron chi connectivity index (χ3n) is 2.14. The van der Waals surface area contributed by atoms with E-state index in [0.29, 0.717) is 0 Å². The van der Waals surface area contributed by atoms with Crippen molar-refractivity contribution in [2.45, 2.75) is 30.8 Å². The molecule has 0 unspecified atom stereocenters. The number of rotatable bonds is 4. The average Bonchev–Trinajstić information content (AvgIpc) is 2.63. The van der Waals surface area contributed by atoms with Gasteiger partial charge in [0.25, 0.3) is 0 Å². The monoisotopic (exact) mass is 264 g/mol. The second-order valence-electron chi connectivity index (χ2n) is 3.49. The maximum atomic E-state index is 11.3. The number of ether oxygens (including phenoxy) is 2. The van der Waals surface area contributed by atoms with Gasteiger partial charge in [-0.15, -0.1) is 23.5 Å². The van der Waals surface area contributed by atoms with Crippen molar-refractivity contribution < 1.29 is 19.1 Å². The van der Waals surface area contributed by atoms with Crippen LogP contribution in [0.2, 0.25) is 0 Å². The molecule has 0 aliphatic carbocycles. The highest BCUT2D eigenvalue weighted by Gasteiger charge is 2.31. The van der Waals surface area contributed by atoms with Gasteiger partial charge in [0.05, 0.1) is 10.7 Å². The van der Waals surface area contributed by atoms with E-state index in [2.05, 4.69) is 16.4 Å². The van der Waals surface area contributed by atoms with Gasteiger partial charge in [-0.2, -0.15) is 0 Å². The summed E-state index contributed by atoms with van der Waals surface area (Å²) in [4.78, 5) is 22.1. The Hall–Kier alpha value is -0.360. The molecule has 1 heterocycles. The van der Waals surface area contributed by atoms with Gasteiger partial charge < -0.3 is 9.47 Å². The van der Waals surface area contributed by atoms with Gasteiger partial charge in [0, 0.05) is 17.9 Å². The van der Waals surface area contributed by atoms with Gasteiger partial charge in [0.15, 0.2) is 0 Å². The average molecular weight is 264 g/mol. The van der Waals surface area contributed by atoms with Crippen LogP contribution in [-0.4, -0.2) is 34.3 Å². The maximum absolute atomic E-state index is 11.3. The Balaban J connectivity index is 2.22. The molecule has 1 aliphatic heterocycles. The van der Waals surface area contributed by atoms with E-state index in [0.717, 1.165) is 17.9 Å². The van der Waals surface area contributed by atoms with Crippen molar-refractivity contribution in [3.8, 4) is 0 Å². The SMILES string of the molecule is CCOC(=O)OC(=O)CCC1(C)SCCS1. The van der Waals surface area contributed by atoms with Gasteiger partial charge in [-0.1, -0.05) is 0 Å². The maximum Gasteiger partial charge on any atom is 0.516 e. The Morgan fingerprint density at radius 2 is 1.94 bits per heavy atom. The largest absolute Gasteiger partial charge is 0.516 e. The van der Waals surface area contributed by atoms with Gasteiger partial charge in [-0.3, -0.25) is 4.79 Å². The lowest BCUT2D eigenvalue weighted by atomic mass is 10.2. The lowest BCUT2D eigenvalue weighted by Gasteiger charge is -2.20. The summed E-state index contributed by atoms with van der Waals surface area (Å²) in [5, 5.41) is 0. The Kier molecular flexibility index (Phi) is 5.48. The molecule has 0 N–H and O–H groups in total. The summed E-state index contributed by atoms with van der Waals surface area (Å²) in [6.07, 6.45) is 0.0833.